The first-order chi connectivity index (χ1) is 13.9. The minimum atomic E-state index is -0.968. The van der Waals surface area contributed by atoms with Gasteiger partial charge < -0.3 is 4.42 Å². The van der Waals surface area contributed by atoms with Crippen LogP contribution in [0.15, 0.2) is 51.7 Å². The Balaban J connectivity index is 1.84. The lowest BCUT2D eigenvalue weighted by molar-refractivity contribution is 0.0970. The van der Waals surface area contributed by atoms with Crippen molar-refractivity contribution in [2.45, 2.75) is 13.0 Å². The first-order valence-corrected chi connectivity index (χ1v) is 9.41. The second kappa shape index (κ2) is 6.28. The summed E-state index contributed by atoms with van der Waals surface area (Å²) in [5.74, 6) is -1.88. The summed E-state index contributed by atoms with van der Waals surface area (Å²) in [6.45, 7) is 1.73. The molecule has 0 saturated heterocycles. The summed E-state index contributed by atoms with van der Waals surface area (Å²) >= 11 is 1.16. The number of fused-ring (bicyclic) bond motifs is 2. The van der Waals surface area contributed by atoms with Crippen molar-refractivity contribution in [2.24, 2.45) is 0 Å². The van der Waals surface area contributed by atoms with E-state index in [1.807, 2.05) is 0 Å². The molecule has 9 heteroatoms. The van der Waals surface area contributed by atoms with Gasteiger partial charge in [0, 0.05) is 0 Å². The van der Waals surface area contributed by atoms with Crippen LogP contribution in [0.2, 0.25) is 0 Å². The van der Waals surface area contributed by atoms with E-state index in [1.54, 1.807) is 13.0 Å². The number of aromatic nitrogens is 2. The molecule has 0 spiro atoms. The molecule has 2 aromatic carbocycles. The first-order valence-electron chi connectivity index (χ1n) is 8.59. The quantitative estimate of drug-likeness (QED) is 0.499. The van der Waals surface area contributed by atoms with E-state index in [2.05, 4.69) is 10.2 Å². The Morgan fingerprint density at radius 1 is 1.07 bits per heavy atom. The summed E-state index contributed by atoms with van der Waals surface area (Å²) in [6.07, 6.45) is 0. The van der Waals surface area contributed by atoms with E-state index >= 15 is 0 Å². The molecule has 2 aromatic heterocycles. The van der Waals surface area contributed by atoms with Crippen molar-refractivity contribution >= 4 is 33.3 Å². The number of carbonyl (C=O) groups is 1. The Morgan fingerprint density at radius 2 is 1.86 bits per heavy atom. The average molecular weight is 411 g/mol. The highest BCUT2D eigenvalue weighted by atomic mass is 32.1. The molecule has 0 saturated carbocycles. The van der Waals surface area contributed by atoms with Crippen molar-refractivity contribution in [1.82, 2.24) is 10.2 Å². The normalized spacial score (nSPS) is 15.9. The lowest BCUT2D eigenvalue weighted by atomic mass is 9.98. The number of amides is 1. The van der Waals surface area contributed by atoms with Crippen molar-refractivity contribution in [1.29, 1.82) is 0 Å². The van der Waals surface area contributed by atoms with Crippen molar-refractivity contribution in [3.05, 3.63) is 86.2 Å². The molecule has 1 aliphatic heterocycles. The average Bonchev–Trinajstić information content (AvgIpc) is 3.24. The van der Waals surface area contributed by atoms with Gasteiger partial charge in [-0.05, 0) is 42.8 Å². The van der Waals surface area contributed by atoms with E-state index in [0.717, 1.165) is 23.5 Å². The number of rotatable bonds is 2. The van der Waals surface area contributed by atoms with Gasteiger partial charge in [0.05, 0.1) is 17.0 Å². The third-order valence-electron chi connectivity index (χ3n) is 4.72. The van der Waals surface area contributed by atoms with Crippen LogP contribution in [0.4, 0.5) is 13.9 Å². The Kier molecular flexibility index (Phi) is 3.82. The molecule has 0 bridgehead atoms. The van der Waals surface area contributed by atoms with Gasteiger partial charge in [0.2, 0.25) is 10.9 Å². The summed E-state index contributed by atoms with van der Waals surface area (Å²) in [5, 5.41) is 8.83. The highest BCUT2D eigenvalue weighted by Crippen LogP contribution is 2.42. The minimum absolute atomic E-state index is 0.00764. The Bertz CT molecular complexity index is 1360. The number of benzene rings is 2. The van der Waals surface area contributed by atoms with Crippen LogP contribution >= 0.6 is 11.3 Å². The molecule has 3 heterocycles. The largest absolute Gasteiger partial charge is 0.450 e. The van der Waals surface area contributed by atoms with Crippen LogP contribution in [0, 0.1) is 18.6 Å². The molecule has 0 radical (unpaired) electrons. The van der Waals surface area contributed by atoms with Gasteiger partial charge in [0.15, 0.2) is 5.43 Å². The van der Waals surface area contributed by atoms with Gasteiger partial charge in [0.25, 0.3) is 5.91 Å². The van der Waals surface area contributed by atoms with E-state index in [4.69, 9.17) is 4.42 Å². The molecule has 4 aromatic rings. The third kappa shape index (κ3) is 2.65. The van der Waals surface area contributed by atoms with Gasteiger partial charge in [-0.2, -0.15) is 0 Å². The maximum absolute atomic E-state index is 14.0. The fourth-order valence-electron chi connectivity index (χ4n) is 3.52. The van der Waals surface area contributed by atoms with Crippen LogP contribution in [0.1, 0.15) is 32.7 Å². The molecule has 1 aliphatic rings. The summed E-state index contributed by atoms with van der Waals surface area (Å²) in [5.41, 5.74) is -0.0663. The van der Waals surface area contributed by atoms with Crippen molar-refractivity contribution in [2.75, 3.05) is 4.90 Å². The highest BCUT2D eigenvalue weighted by Gasteiger charge is 2.45. The van der Waals surface area contributed by atoms with Crippen LogP contribution in [0.3, 0.4) is 0 Å². The number of hydrogen-bond acceptors (Lipinski definition) is 6. The van der Waals surface area contributed by atoms with Gasteiger partial charge in [-0.1, -0.05) is 23.5 Å². The molecule has 1 amide bonds. The molecular weight excluding hydrogens is 400 g/mol. The van der Waals surface area contributed by atoms with Crippen molar-refractivity contribution in [3.63, 3.8) is 0 Å². The van der Waals surface area contributed by atoms with Crippen LogP contribution in [0.25, 0.3) is 11.0 Å². The van der Waals surface area contributed by atoms with Gasteiger partial charge in [-0.15, -0.1) is 10.2 Å². The second-order valence-corrected chi connectivity index (χ2v) is 7.71. The Hall–Kier alpha value is -3.46. The Labute approximate surface area is 166 Å². The molecule has 1 unspecified atom stereocenters. The highest BCUT2D eigenvalue weighted by molar-refractivity contribution is 7.15. The van der Waals surface area contributed by atoms with E-state index in [9.17, 15) is 18.4 Å². The summed E-state index contributed by atoms with van der Waals surface area (Å²) in [6, 6.07) is 8.13. The number of nitrogens with zero attached hydrogens (tertiary/aromatic N) is 3. The number of anilines is 1. The van der Waals surface area contributed by atoms with Crippen molar-refractivity contribution < 1.29 is 18.0 Å². The van der Waals surface area contributed by atoms with Gasteiger partial charge >= 0.3 is 0 Å². The molecule has 0 aliphatic carbocycles. The molecule has 6 nitrogen and oxygen atoms in total. The third-order valence-corrected chi connectivity index (χ3v) is 5.56. The van der Waals surface area contributed by atoms with E-state index < -0.39 is 29.0 Å². The van der Waals surface area contributed by atoms with Gasteiger partial charge in [-0.3, -0.25) is 14.5 Å². The number of aryl methyl sites for hydroxylation is 1. The lowest BCUT2D eigenvalue weighted by Crippen LogP contribution is -2.29. The molecule has 29 heavy (non-hydrogen) atoms. The monoisotopic (exact) mass is 411 g/mol. The Morgan fingerprint density at radius 3 is 2.59 bits per heavy atom. The van der Waals surface area contributed by atoms with Crippen LogP contribution in [-0.2, 0) is 0 Å². The van der Waals surface area contributed by atoms with Gasteiger partial charge in [-0.25, -0.2) is 8.78 Å². The van der Waals surface area contributed by atoms with Gasteiger partial charge in [0.1, 0.15) is 22.2 Å². The van der Waals surface area contributed by atoms with Crippen LogP contribution in [-0.4, -0.2) is 16.1 Å². The molecular formula is C20H11F2N3O3S. The predicted octanol–water partition coefficient (Wildman–Crippen LogP) is 3.98. The zero-order valence-corrected chi connectivity index (χ0v) is 15.7. The fourth-order valence-corrected chi connectivity index (χ4v) is 4.23. The van der Waals surface area contributed by atoms with E-state index in [-0.39, 0.29) is 27.4 Å². The minimum Gasteiger partial charge on any atom is -0.450 e. The summed E-state index contributed by atoms with van der Waals surface area (Å²) in [4.78, 5) is 27.7. The molecule has 0 fully saturated rings. The summed E-state index contributed by atoms with van der Waals surface area (Å²) in [7, 11) is 0. The molecule has 0 N–H and O–H groups in total. The van der Waals surface area contributed by atoms with Crippen molar-refractivity contribution in [3.8, 4) is 0 Å². The lowest BCUT2D eigenvalue weighted by Gasteiger charge is -2.22. The topological polar surface area (TPSA) is 76.3 Å². The molecule has 5 rings (SSSR count). The maximum atomic E-state index is 14.0. The zero-order valence-electron chi connectivity index (χ0n) is 14.8. The van der Waals surface area contributed by atoms with E-state index in [1.165, 1.54) is 29.2 Å². The second-order valence-electron chi connectivity index (χ2n) is 6.55. The fraction of sp³-hybridized carbons (Fsp3) is 0.100. The first kappa shape index (κ1) is 17.6. The number of halogens is 2. The standard InChI is InChI=1S/C20H11F2N3O3S/c1-9-23-24-20(29-9)25-16(10-3-2-4-11(21)7-10)15-17(26)13-8-12(22)5-6-14(13)28-18(15)19(25)27/h2-8,16H,1H3. The SMILES string of the molecule is Cc1nnc(N2C(=O)c3oc4ccc(F)cc4c(=O)c3C2c2cccc(F)c2)s1. The van der Waals surface area contributed by atoms with Crippen LogP contribution in [0.5, 0.6) is 0 Å². The predicted molar refractivity (Wildman–Crippen MR) is 102 cm³/mol. The number of hydrogen-bond donors (Lipinski definition) is 0. The molecule has 1 atom stereocenters. The summed E-state index contributed by atoms with van der Waals surface area (Å²) < 4.78 is 33.4. The molecule has 144 valence electrons. The van der Waals surface area contributed by atoms with E-state index in [0.29, 0.717) is 10.6 Å². The number of carbonyl (C=O) groups excluding carboxylic acids is 1. The zero-order chi connectivity index (χ0) is 20.3. The smallest absolute Gasteiger partial charge is 0.297 e. The maximum Gasteiger partial charge on any atom is 0.297 e. The van der Waals surface area contributed by atoms with Crippen LogP contribution < -0.4 is 10.3 Å².